The minimum absolute atomic E-state index is 0.192. The SMILES string of the molecule is O=C1CCCC1c1nc(-c2cncc(Br)c2)no1. The lowest BCUT2D eigenvalue weighted by Gasteiger charge is -1.98. The van der Waals surface area contributed by atoms with E-state index in [1.54, 1.807) is 12.4 Å². The predicted octanol–water partition coefficient (Wildman–Crippen LogP) is 2.73. The average Bonchev–Trinajstić information content (AvgIpc) is 2.97. The zero-order chi connectivity index (χ0) is 12.5. The molecule has 0 bridgehead atoms. The molecule has 6 heteroatoms. The van der Waals surface area contributed by atoms with Crippen molar-refractivity contribution in [2.24, 2.45) is 0 Å². The van der Waals surface area contributed by atoms with Crippen LogP contribution in [-0.4, -0.2) is 20.9 Å². The molecule has 0 radical (unpaired) electrons. The van der Waals surface area contributed by atoms with E-state index in [1.165, 1.54) is 0 Å². The van der Waals surface area contributed by atoms with Crippen molar-refractivity contribution in [3.63, 3.8) is 0 Å². The Balaban J connectivity index is 1.92. The molecule has 0 amide bonds. The largest absolute Gasteiger partial charge is 0.338 e. The third kappa shape index (κ3) is 2.08. The Morgan fingerprint density at radius 3 is 3.00 bits per heavy atom. The summed E-state index contributed by atoms with van der Waals surface area (Å²) in [5.41, 5.74) is 0.768. The van der Waals surface area contributed by atoms with E-state index in [1.807, 2.05) is 6.07 Å². The molecule has 1 fully saturated rings. The highest BCUT2D eigenvalue weighted by molar-refractivity contribution is 9.10. The van der Waals surface area contributed by atoms with Gasteiger partial charge in [-0.1, -0.05) is 5.16 Å². The standard InChI is InChI=1S/C12H10BrN3O2/c13-8-4-7(5-14-6-8)11-15-12(18-16-11)9-2-1-3-10(9)17/h4-6,9H,1-3H2. The van der Waals surface area contributed by atoms with Crippen LogP contribution in [0.15, 0.2) is 27.5 Å². The monoisotopic (exact) mass is 307 g/mol. The summed E-state index contributed by atoms with van der Waals surface area (Å²) < 4.78 is 6.04. The molecule has 3 rings (SSSR count). The molecule has 2 aromatic rings. The molecule has 1 aliphatic rings. The summed E-state index contributed by atoms with van der Waals surface area (Å²) in [6.07, 6.45) is 5.67. The normalized spacial score (nSPS) is 19.4. The number of ketones is 1. The van der Waals surface area contributed by atoms with Gasteiger partial charge in [0.05, 0.1) is 5.92 Å². The van der Waals surface area contributed by atoms with Crippen molar-refractivity contribution in [2.75, 3.05) is 0 Å². The van der Waals surface area contributed by atoms with Gasteiger partial charge >= 0.3 is 0 Å². The molecule has 18 heavy (non-hydrogen) atoms. The topological polar surface area (TPSA) is 68.9 Å². The van der Waals surface area contributed by atoms with Crippen LogP contribution in [0, 0.1) is 0 Å². The lowest BCUT2D eigenvalue weighted by molar-refractivity contribution is -0.119. The number of carbonyl (C=O) groups is 1. The quantitative estimate of drug-likeness (QED) is 0.853. The van der Waals surface area contributed by atoms with Crippen molar-refractivity contribution in [3.8, 4) is 11.4 Å². The van der Waals surface area contributed by atoms with Crippen LogP contribution < -0.4 is 0 Å². The van der Waals surface area contributed by atoms with Crippen LogP contribution >= 0.6 is 15.9 Å². The second-order valence-corrected chi connectivity index (χ2v) is 5.17. The molecular formula is C12H10BrN3O2. The lowest BCUT2D eigenvalue weighted by atomic mass is 10.1. The third-order valence-corrected chi connectivity index (χ3v) is 3.44. The van der Waals surface area contributed by atoms with Crippen LogP contribution in [0.25, 0.3) is 11.4 Å². The zero-order valence-corrected chi connectivity index (χ0v) is 11.1. The fourth-order valence-corrected chi connectivity index (χ4v) is 2.47. The van der Waals surface area contributed by atoms with E-state index >= 15 is 0 Å². The van der Waals surface area contributed by atoms with Crippen molar-refractivity contribution >= 4 is 21.7 Å². The van der Waals surface area contributed by atoms with Gasteiger partial charge in [0.1, 0.15) is 5.78 Å². The number of rotatable bonds is 2. The molecule has 2 heterocycles. The van der Waals surface area contributed by atoms with Crippen LogP contribution in [0.2, 0.25) is 0 Å². The Bertz CT molecular complexity index is 597. The van der Waals surface area contributed by atoms with E-state index in [4.69, 9.17) is 4.52 Å². The van der Waals surface area contributed by atoms with Gasteiger partial charge in [-0.3, -0.25) is 9.78 Å². The maximum Gasteiger partial charge on any atom is 0.237 e. The van der Waals surface area contributed by atoms with Gasteiger partial charge in [0.25, 0.3) is 0 Å². The van der Waals surface area contributed by atoms with Gasteiger partial charge in [-0.15, -0.1) is 0 Å². The number of pyridine rings is 1. The van der Waals surface area contributed by atoms with Gasteiger partial charge in [0, 0.05) is 28.9 Å². The van der Waals surface area contributed by atoms with Gasteiger partial charge in [-0.25, -0.2) is 0 Å². The van der Waals surface area contributed by atoms with E-state index in [2.05, 4.69) is 31.1 Å². The maximum atomic E-state index is 11.6. The van der Waals surface area contributed by atoms with Crippen LogP contribution in [0.4, 0.5) is 0 Å². The average molecular weight is 308 g/mol. The molecule has 1 saturated carbocycles. The van der Waals surface area contributed by atoms with E-state index in [9.17, 15) is 4.79 Å². The predicted molar refractivity (Wildman–Crippen MR) is 66.8 cm³/mol. The van der Waals surface area contributed by atoms with Gasteiger partial charge in [-0.05, 0) is 34.8 Å². The molecule has 92 valence electrons. The second kappa shape index (κ2) is 4.61. The van der Waals surface area contributed by atoms with Crippen molar-refractivity contribution in [1.29, 1.82) is 0 Å². The lowest BCUT2D eigenvalue weighted by Crippen LogP contribution is -2.04. The molecule has 0 spiro atoms. The Labute approximate surface area is 112 Å². The minimum Gasteiger partial charge on any atom is -0.338 e. The van der Waals surface area contributed by atoms with E-state index in [-0.39, 0.29) is 11.7 Å². The molecule has 0 N–H and O–H groups in total. The first-order valence-corrected chi connectivity index (χ1v) is 6.50. The highest BCUT2D eigenvalue weighted by Gasteiger charge is 2.31. The van der Waals surface area contributed by atoms with Gasteiger partial charge in [-0.2, -0.15) is 4.98 Å². The van der Waals surface area contributed by atoms with Crippen LogP contribution in [-0.2, 0) is 4.79 Å². The highest BCUT2D eigenvalue weighted by Crippen LogP contribution is 2.31. The zero-order valence-electron chi connectivity index (χ0n) is 9.47. The summed E-state index contributed by atoms with van der Waals surface area (Å²) >= 11 is 3.34. The van der Waals surface area contributed by atoms with Crippen molar-refractivity contribution in [3.05, 3.63) is 28.8 Å². The summed E-state index contributed by atoms with van der Waals surface area (Å²) in [6, 6.07) is 1.86. The Kier molecular flexibility index (Phi) is 2.95. The smallest absolute Gasteiger partial charge is 0.237 e. The van der Waals surface area contributed by atoms with Crippen molar-refractivity contribution in [1.82, 2.24) is 15.1 Å². The first-order valence-electron chi connectivity index (χ1n) is 5.71. The molecule has 5 nitrogen and oxygen atoms in total. The summed E-state index contributed by atoms with van der Waals surface area (Å²) in [6.45, 7) is 0. The molecular weight excluding hydrogens is 298 g/mol. The fraction of sp³-hybridized carbons (Fsp3) is 0.333. The molecule has 1 unspecified atom stereocenters. The summed E-state index contributed by atoms with van der Waals surface area (Å²) in [7, 11) is 0. The first-order chi connectivity index (χ1) is 8.74. The summed E-state index contributed by atoms with van der Waals surface area (Å²) in [4.78, 5) is 20.0. The Hall–Kier alpha value is -1.56. The molecule has 2 aromatic heterocycles. The Morgan fingerprint density at radius 1 is 1.39 bits per heavy atom. The third-order valence-electron chi connectivity index (χ3n) is 3.01. The van der Waals surface area contributed by atoms with Crippen molar-refractivity contribution in [2.45, 2.75) is 25.2 Å². The summed E-state index contributed by atoms with van der Waals surface area (Å²) in [5.74, 6) is 0.870. The van der Waals surface area contributed by atoms with Gasteiger partial charge in [0.2, 0.25) is 11.7 Å². The van der Waals surface area contributed by atoms with Crippen LogP contribution in [0.3, 0.4) is 0 Å². The number of nitrogens with zero attached hydrogens (tertiary/aromatic N) is 3. The van der Waals surface area contributed by atoms with E-state index in [0.29, 0.717) is 18.1 Å². The summed E-state index contributed by atoms with van der Waals surface area (Å²) in [5, 5.41) is 3.91. The fourth-order valence-electron chi connectivity index (χ4n) is 2.10. The number of hydrogen-bond acceptors (Lipinski definition) is 5. The number of hydrogen-bond donors (Lipinski definition) is 0. The molecule has 1 atom stereocenters. The molecule has 1 aliphatic carbocycles. The molecule has 0 aliphatic heterocycles. The van der Waals surface area contributed by atoms with E-state index < -0.39 is 0 Å². The van der Waals surface area contributed by atoms with Crippen LogP contribution in [0.1, 0.15) is 31.1 Å². The van der Waals surface area contributed by atoms with E-state index in [0.717, 1.165) is 22.9 Å². The molecule has 0 saturated heterocycles. The highest BCUT2D eigenvalue weighted by atomic mass is 79.9. The second-order valence-electron chi connectivity index (χ2n) is 4.26. The Morgan fingerprint density at radius 2 is 2.28 bits per heavy atom. The minimum atomic E-state index is -0.216. The van der Waals surface area contributed by atoms with Crippen molar-refractivity contribution < 1.29 is 9.32 Å². The molecule has 0 aromatic carbocycles. The van der Waals surface area contributed by atoms with Crippen LogP contribution in [0.5, 0.6) is 0 Å². The number of halogens is 1. The number of Topliss-reactive ketones (excluding diaryl/α,β-unsaturated/α-hetero) is 1. The maximum absolute atomic E-state index is 11.6. The first kappa shape index (κ1) is 11.5. The number of carbonyl (C=O) groups excluding carboxylic acids is 1. The number of aromatic nitrogens is 3. The van der Waals surface area contributed by atoms with Gasteiger partial charge < -0.3 is 4.52 Å². The van der Waals surface area contributed by atoms with Gasteiger partial charge in [0.15, 0.2) is 0 Å².